The summed E-state index contributed by atoms with van der Waals surface area (Å²) in [7, 11) is 0. The summed E-state index contributed by atoms with van der Waals surface area (Å²) in [4.78, 5) is 18.5. The first-order chi connectivity index (χ1) is 13.2. The van der Waals surface area contributed by atoms with E-state index < -0.39 is 0 Å². The van der Waals surface area contributed by atoms with Crippen LogP contribution < -0.4 is 0 Å². The van der Waals surface area contributed by atoms with Crippen molar-refractivity contribution in [3.8, 4) is 0 Å². The fraction of sp³-hybridized carbons (Fsp3) is 0.182. The van der Waals surface area contributed by atoms with E-state index in [9.17, 15) is 0 Å². The molecule has 0 aliphatic rings. The van der Waals surface area contributed by atoms with E-state index >= 15 is 0 Å². The topological polar surface area (TPSA) is 56.0 Å². The molecule has 0 N–H and O–H groups in total. The number of aryl methyl sites for hydroxylation is 4. The van der Waals surface area contributed by atoms with Crippen LogP contribution in [0.15, 0.2) is 55.0 Å². The van der Waals surface area contributed by atoms with Crippen LogP contribution in [-0.4, -0.2) is 24.3 Å². The minimum Gasteiger partial charge on any atom is -0.303 e. The van der Waals surface area contributed by atoms with E-state index in [0.29, 0.717) is 0 Å². The van der Waals surface area contributed by atoms with Gasteiger partial charge in [0.15, 0.2) is 5.65 Å². The number of pyridine rings is 4. The Kier molecular flexibility index (Phi) is 3.60. The first-order valence-corrected chi connectivity index (χ1v) is 9.12. The van der Waals surface area contributed by atoms with E-state index in [0.717, 1.165) is 57.4 Å². The first kappa shape index (κ1) is 15.9. The van der Waals surface area contributed by atoms with Gasteiger partial charge in [0.1, 0.15) is 5.65 Å². The first-order valence-electron chi connectivity index (χ1n) is 9.12. The fourth-order valence-electron chi connectivity index (χ4n) is 3.60. The molecule has 0 aliphatic heterocycles. The molecular weight excluding hydrogens is 334 g/mol. The number of hydrogen-bond acceptors (Lipinski definition) is 4. The van der Waals surface area contributed by atoms with Gasteiger partial charge in [0.25, 0.3) is 0 Å². The predicted octanol–water partition coefficient (Wildman–Crippen LogP) is 4.23. The van der Waals surface area contributed by atoms with Crippen molar-refractivity contribution in [2.75, 3.05) is 0 Å². The second kappa shape index (κ2) is 6.13. The van der Waals surface area contributed by atoms with Gasteiger partial charge in [-0.25, -0.2) is 15.0 Å². The van der Waals surface area contributed by atoms with Crippen LogP contribution in [0.3, 0.4) is 0 Å². The molecule has 5 rings (SSSR count). The molecule has 0 saturated heterocycles. The Hall–Kier alpha value is -3.34. The van der Waals surface area contributed by atoms with Crippen LogP contribution in [0.5, 0.6) is 0 Å². The zero-order valence-corrected chi connectivity index (χ0v) is 15.3. The molecular formula is C22H19N5. The van der Waals surface area contributed by atoms with E-state index in [1.165, 1.54) is 5.69 Å². The molecule has 0 aliphatic carbocycles. The van der Waals surface area contributed by atoms with Gasteiger partial charge in [-0.05, 0) is 68.7 Å². The second-order valence-corrected chi connectivity index (χ2v) is 6.95. The molecule has 27 heavy (non-hydrogen) atoms. The maximum absolute atomic E-state index is 4.91. The Balaban J connectivity index is 1.48. The predicted molar refractivity (Wildman–Crippen MR) is 107 cm³/mol. The molecule has 5 heteroatoms. The van der Waals surface area contributed by atoms with Crippen molar-refractivity contribution < 1.29 is 0 Å². The van der Waals surface area contributed by atoms with Gasteiger partial charge in [-0.2, -0.15) is 0 Å². The van der Waals surface area contributed by atoms with Crippen molar-refractivity contribution in [1.82, 2.24) is 24.3 Å². The Morgan fingerprint density at radius 1 is 0.963 bits per heavy atom. The summed E-state index contributed by atoms with van der Waals surface area (Å²) < 4.78 is 2.15. The molecule has 0 atom stereocenters. The van der Waals surface area contributed by atoms with Crippen molar-refractivity contribution in [1.29, 1.82) is 0 Å². The molecule has 0 radical (unpaired) electrons. The lowest BCUT2D eigenvalue weighted by atomic mass is 10.1. The summed E-state index contributed by atoms with van der Waals surface area (Å²) in [5, 5.41) is 2.17. The number of nitrogens with zero attached hydrogens (tertiary/aromatic N) is 5. The Bertz CT molecular complexity index is 1300. The lowest BCUT2D eigenvalue weighted by molar-refractivity contribution is 0.882. The normalized spacial score (nSPS) is 11.6. The Morgan fingerprint density at radius 3 is 2.81 bits per heavy atom. The van der Waals surface area contributed by atoms with Gasteiger partial charge in [-0.15, -0.1) is 0 Å². The molecule has 132 valence electrons. The molecule has 0 unspecified atom stereocenters. The second-order valence-electron chi connectivity index (χ2n) is 6.95. The monoisotopic (exact) mass is 353 g/mol. The fourth-order valence-corrected chi connectivity index (χ4v) is 3.60. The molecule has 0 aromatic carbocycles. The molecule has 5 heterocycles. The van der Waals surface area contributed by atoms with Crippen molar-refractivity contribution in [3.05, 3.63) is 77.6 Å². The summed E-state index contributed by atoms with van der Waals surface area (Å²) in [5.41, 5.74) is 7.22. The number of hydrogen-bond donors (Lipinski definition) is 0. The summed E-state index contributed by atoms with van der Waals surface area (Å²) in [6, 6.07) is 12.4. The summed E-state index contributed by atoms with van der Waals surface area (Å²) in [6.07, 6.45) is 7.42. The third kappa shape index (κ3) is 2.72. The average Bonchev–Trinajstić information content (AvgIpc) is 3.02. The molecule has 0 spiro atoms. The van der Waals surface area contributed by atoms with Crippen LogP contribution in [0.2, 0.25) is 0 Å². The van der Waals surface area contributed by atoms with E-state index in [1.807, 2.05) is 31.5 Å². The zero-order chi connectivity index (χ0) is 18.4. The van der Waals surface area contributed by atoms with Crippen LogP contribution in [0.1, 0.15) is 22.6 Å². The number of aromatic nitrogens is 5. The molecule has 0 saturated carbocycles. The van der Waals surface area contributed by atoms with Crippen LogP contribution >= 0.6 is 0 Å². The summed E-state index contributed by atoms with van der Waals surface area (Å²) in [5.74, 6) is 0. The smallest absolute Gasteiger partial charge is 0.159 e. The minimum atomic E-state index is 0.807. The van der Waals surface area contributed by atoms with Crippen molar-refractivity contribution in [2.45, 2.75) is 26.7 Å². The molecule has 5 aromatic heterocycles. The molecule has 5 aromatic rings. The highest BCUT2D eigenvalue weighted by atomic mass is 15.0. The highest BCUT2D eigenvalue weighted by Gasteiger charge is 2.12. The Morgan fingerprint density at radius 2 is 1.89 bits per heavy atom. The van der Waals surface area contributed by atoms with Crippen LogP contribution in [0.4, 0.5) is 0 Å². The highest BCUT2D eigenvalue weighted by molar-refractivity contribution is 5.91. The zero-order valence-electron chi connectivity index (χ0n) is 15.3. The number of fused-ring (bicyclic) bond motifs is 4. The number of imidazole rings is 1. The van der Waals surface area contributed by atoms with E-state index in [-0.39, 0.29) is 0 Å². The van der Waals surface area contributed by atoms with Crippen molar-refractivity contribution >= 4 is 27.6 Å². The third-order valence-corrected chi connectivity index (χ3v) is 5.06. The van der Waals surface area contributed by atoms with Crippen molar-refractivity contribution in [2.24, 2.45) is 0 Å². The maximum atomic E-state index is 4.91. The van der Waals surface area contributed by atoms with E-state index in [1.54, 1.807) is 0 Å². The lowest BCUT2D eigenvalue weighted by Crippen LogP contribution is -1.98. The molecule has 0 bridgehead atoms. The van der Waals surface area contributed by atoms with Crippen molar-refractivity contribution in [3.63, 3.8) is 0 Å². The Labute approximate surface area is 156 Å². The molecule has 5 nitrogen and oxygen atoms in total. The van der Waals surface area contributed by atoms with Gasteiger partial charge >= 0.3 is 0 Å². The maximum Gasteiger partial charge on any atom is 0.159 e. The van der Waals surface area contributed by atoms with Crippen LogP contribution in [0, 0.1) is 13.8 Å². The van der Waals surface area contributed by atoms with Crippen LogP contribution in [0.25, 0.3) is 27.6 Å². The highest BCUT2D eigenvalue weighted by Crippen LogP contribution is 2.21. The van der Waals surface area contributed by atoms with Gasteiger partial charge in [-0.1, -0.05) is 0 Å². The average molecular weight is 353 g/mol. The van der Waals surface area contributed by atoms with Crippen LogP contribution in [-0.2, 0) is 12.8 Å². The van der Waals surface area contributed by atoms with Gasteiger partial charge in [-0.3, -0.25) is 4.98 Å². The quantitative estimate of drug-likeness (QED) is 0.487. The summed E-state index contributed by atoms with van der Waals surface area (Å²) >= 11 is 0. The van der Waals surface area contributed by atoms with Gasteiger partial charge in [0.05, 0.1) is 11.2 Å². The standard InChI is InChI=1S/C22H19N5/c1-14-12-16-5-6-17(25-21(16)24-13-14)7-8-19-15(2)27-11-9-20-18(22(27)26-19)4-3-10-23-20/h3-6,9-13H,7-8H2,1-2H3. The number of rotatable bonds is 3. The van der Waals surface area contributed by atoms with Gasteiger partial charge in [0, 0.05) is 40.8 Å². The minimum absolute atomic E-state index is 0.807. The molecule has 0 fully saturated rings. The van der Waals surface area contributed by atoms with Gasteiger partial charge < -0.3 is 4.40 Å². The third-order valence-electron chi connectivity index (χ3n) is 5.06. The van der Waals surface area contributed by atoms with E-state index in [4.69, 9.17) is 9.97 Å². The van der Waals surface area contributed by atoms with E-state index in [2.05, 4.69) is 51.8 Å². The van der Waals surface area contributed by atoms with Gasteiger partial charge in [0.2, 0.25) is 0 Å². The largest absolute Gasteiger partial charge is 0.303 e. The SMILES string of the molecule is Cc1cnc2nc(CCc3nc4c5cccnc5ccn4c3C)ccc2c1. The molecule has 0 amide bonds. The lowest BCUT2D eigenvalue weighted by Gasteiger charge is -2.03. The summed E-state index contributed by atoms with van der Waals surface area (Å²) in [6.45, 7) is 4.17.